The lowest BCUT2D eigenvalue weighted by atomic mass is 9.91. The van der Waals surface area contributed by atoms with Crippen LogP contribution in [0.2, 0.25) is 0 Å². The molecule has 1 aromatic rings. The number of aryl methyl sites for hydroxylation is 1. The molecule has 1 unspecified atom stereocenters. The molecule has 3 nitrogen and oxygen atoms in total. The molecule has 1 atom stereocenters. The van der Waals surface area contributed by atoms with Gasteiger partial charge in [0.2, 0.25) is 0 Å². The highest BCUT2D eigenvalue weighted by Gasteiger charge is 2.23. The van der Waals surface area contributed by atoms with Gasteiger partial charge in [0, 0.05) is 5.56 Å². The number of carboxylic acid groups (broad SMARTS) is 1. The highest BCUT2D eigenvalue weighted by Crippen LogP contribution is 2.21. The van der Waals surface area contributed by atoms with Crippen LogP contribution in [0.5, 0.6) is 0 Å². The van der Waals surface area contributed by atoms with E-state index in [0.29, 0.717) is 11.5 Å². The van der Waals surface area contributed by atoms with Crippen molar-refractivity contribution in [2.24, 2.45) is 5.92 Å². The van der Waals surface area contributed by atoms with Gasteiger partial charge in [0.15, 0.2) is 5.78 Å². The van der Waals surface area contributed by atoms with Crippen molar-refractivity contribution in [2.45, 2.75) is 33.6 Å². The zero-order valence-electron chi connectivity index (χ0n) is 10.7. The fraction of sp³-hybridized carbons (Fsp3) is 0.429. The third-order valence-corrected chi connectivity index (χ3v) is 2.96. The smallest absolute Gasteiger partial charge is 0.314 e. The Hall–Kier alpha value is -1.64. The number of hydrogen-bond donors (Lipinski definition) is 1. The Labute approximate surface area is 101 Å². The molecule has 92 valence electrons. The van der Waals surface area contributed by atoms with Gasteiger partial charge in [-0.3, -0.25) is 9.59 Å². The Morgan fingerprint density at radius 1 is 1.18 bits per heavy atom. The van der Waals surface area contributed by atoms with Crippen molar-refractivity contribution in [3.63, 3.8) is 0 Å². The molecule has 0 radical (unpaired) electrons. The first kappa shape index (κ1) is 13.4. The lowest BCUT2D eigenvalue weighted by Gasteiger charge is -2.12. The molecule has 0 bridgehead atoms. The molecule has 0 aromatic heterocycles. The van der Waals surface area contributed by atoms with Crippen LogP contribution in [0, 0.1) is 12.8 Å². The van der Waals surface area contributed by atoms with Gasteiger partial charge in [-0.2, -0.15) is 0 Å². The summed E-state index contributed by atoms with van der Waals surface area (Å²) >= 11 is 0. The van der Waals surface area contributed by atoms with E-state index in [9.17, 15) is 9.59 Å². The van der Waals surface area contributed by atoms with Crippen molar-refractivity contribution in [3.8, 4) is 0 Å². The molecule has 0 aliphatic carbocycles. The fourth-order valence-electron chi connectivity index (χ4n) is 1.61. The zero-order valence-corrected chi connectivity index (χ0v) is 10.7. The van der Waals surface area contributed by atoms with Crippen molar-refractivity contribution < 1.29 is 14.7 Å². The summed E-state index contributed by atoms with van der Waals surface area (Å²) in [6.45, 7) is 7.33. The minimum absolute atomic E-state index is 0.322. The van der Waals surface area contributed by atoms with E-state index in [0.717, 1.165) is 11.1 Å². The molecule has 0 spiro atoms. The lowest BCUT2D eigenvalue weighted by Crippen LogP contribution is -2.21. The third-order valence-electron chi connectivity index (χ3n) is 2.96. The minimum Gasteiger partial charge on any atom is -0.481 e. The second kappa shape index (κ2) is 5.13. The van der Waals surface area contributed by atoms with Gasteiger partial charge < -0.3 is 5.11 Å². The second-order valence-corrected chi connectivity index (χ2v) is 4.65. The SMILES string of the molecule is Cc1ccc(C(C)C)cc1C(=O)C(C)C(=O)O. The number of carboxylic acids is 1. The third kappa shape index (κ3) is 2.93. The van der Waals surface area contributed by atoms with Gasteiger partial charge in [-0.05, 0) is 37.0 Å². The van der Waals surface area contributed by atoms with E-state index in [1.807, 2.05) is 39.0 Å². The van der Waals surface area contributed by atoms with E-state index in [2.05, 4.69) is 0 Å². The summed E-state index contributed by atoms with van der Waals surface area (Å²) in [4.78, 5) is 22.8. The van der Waals surface area contributed by atoms with Crippen molar-refractivity contribution in [2.75, 3.05) is 0 Å². The van der Waals surface area contributed by atoms with Crippen LogP contribution >= 0.6 is 0 Å². The number of aliphatic carboxylic acids is 1. The van der Waals surface area contributed by atoms with E-state index in [4.69, 9.17) is 5.11 Å². The average Bonchev–Trinajstić information content (AvgIpc) is 2.27. The van der Waals surface area contributed by atoms with Gasteiger partial charge in [0.05, 0.1) is 0 Å². The van der Waals surface area contributed by atoms with Gasteiger partial charge in [-0.1, -0.05) is 26.0 Å². The molecule has 0 fully saturated rings. The monoisotopic (exact) mass is 234 g/mol. The molecule has 0 aliphatic rings. The largest absolute Gasteiger partial charge is 0.481 e. The molecule has 0 saturated heterocycles. The van der Waals surface area contributed by atoms with Gasteiger partial charge in [-0.25, -0.2) is 0 Å². The van der Waals surface area contributed by atoms with Crippen LogP contribution in [0.15, 0.2) is 18.2 Å². The van der Waals surface area contributed by atoms with Crippen LogP contribution in [-0.4, -0.2) is 16.9 Å². The predicted molar refractivity (Wildman–Crippen MR) is 66.4 cm³/mol. The van der Waals surface area contributed by atoms with Gasteiger partial charge in [0.25, 0.3) is 0 Å². The first-order chi connectivity index (χ1) is 7.84. The summed E-state index contributed by atoms with van der Waals surface area (Å²) in [7, 11) is 0. The number of benzene rings is 1. The van der Waals surface area contributed by atoms with Gasteiger partial charge in [0.1, 0.15) is 5.92 Å². The molecular weight excluding hydrogens is 216 g/mol. The standard InChI is InChI=1S/C14H18O3/c1-8(2)11-6-5-9(3)12(7-11)13(15)10(4)14(16)17/h5-8,10H,1-4H3,(H,16,17). The van der Waals surface area contributed by atoms with Gasteiger partial charge >= 0.3 is 5.97 Å². The molecule has 0 saturated carbocycles. The van der Waals surface area contributed by atoms with Crippen LogP contribution in [0.4, 0.5) is 0 Å². The fourth-order valence-corrected chi connectivity index (χ4v) is 1.61. The number of rotatable bonds is 4. The minimum atomic E-state index is -1.08. The van der Waals surface area contributed by atoms with Gasteiger partial charge in [-0.15, -0.1) is 0 Å². The zero-order chi connectivity index (χ0) is 13.2. The summed E-state index contributed by atoms with van der Waals surface area (Å²) in [5.41, 5.74) is 2.40. The molecule has 1 rings (SSSR count). The number of carbonyl (C=O) groups excluding carboxylic acids is 1. The summed E-state index contributed by atoms with van der Waals surface area (Å²) in [5, 5.41) is 8.86. The molecule has 0 aliphatic heterocycles. The maximum Gasteiger partial charge on any atom is 0.314 e. The molecular formula is C14H18O3. The van der Waals surface area contributed by atoms with Crippen LogP contribution in [0.3, 0.4) is 0 Å². The summed E-state index contributed by atoms with van der Waals surface area (Å²) < 4.78 is 0. The highest BCUT2D eigenvalue weighted by molar-refractivity contribution is 6.08. The molecule has 3 heteroatoms. The maximum atomic E-state index is 12.0. The van der Waals surface area contributed by atoms with Crippen LogP contribution in [0.1, 0.15) is 48.2 Å². The maximum absolute atomic E-state index is 12.0. The quantitative estimate of drug-likeness (QED) is 0.643. The summed E-state index contributed by atoms with van der Waals surface area (Å²) in [5.74, 6) is -2.07. The number of Topliss-reactive ketones (excluding diaryl/α,β-unsaturated/α-hetero) is 1. The number of hydrogen-bond acceptors (Lipinski definition) is 2. The van der Waals surface area contributed by atoms with E-state index in [-0.39, 0.29) is 5.78 Å². The molecule has 0 amide bonds. The highest BCUT2D eigenvalue weighted by atomic mass is 16.4. The average molecular weight is 234 g/mol. The lowest BCUT2D eigenvalue weighted by molar-refractivity contribution is -0.139. The molecule has 1 N–H and O–H groups in total. The van der Waals surface area contributed by atoms with Crippen molar-refractivity contribution in [3.05, 3.63) is 34.9 Å². The first-order valence-corrected chi connectivity index (χ1v) is 5.72. The normalized spacial score (nSPS) is 12.5. The Balaban J connectivity index is 3.16. The molecule has 1 aromatic carbocycles. The number of carbonyl (C=O) groups is 2. The Kier molecular flexibility index (Phi) is 4.05. The van der Waals surface area contributed by atoms with Crippen molar-refractivity contribution >= 4 is 11.8 Å². The Bertz CT molecular complexity index is 447. The Morgan fingerprint density at radius 3 is 2.24 bits per heavy atom. The predicted octanol–water partition coefficient (Wildman–Crippen LogP) is 3.02. The topological polar surface area (TPSA) is 54.4 Å². The van der Waals surface area contributed by atoms with Crippen LogP contribution in [-0.2, 0) is 4.79 Å². The van der Waals surface area contributed by atoms with Crippen molar-refractivity contribution in [1.82, 2.24) is 0 Å². The molecule has 17 heavy (non-hydrogen) atoms. The second-order valence-electron chi connectivity index (χ2n) is 4.65. The van der Waals surface area contributed by atoms with Crippen molar-refractivity contribution in [1.29, 1.82) is 0 Å². The van der Waals surface area contributed by atoms with E-state index in [1.54, 1.807) is 0 Å². The van der Waals surface area contributed by atoms with E-state index < -0.39 is 11.9 Å². The molecule has 0 heterocycles. The first-order valence-electron chi connectivity index (χ1n) is 5.72. The number of ketones is 1. The summed E-state index contributed by atoms with van der Waals surface area (Å²) in [6, 6.07) is 5.65. The van der Waals surface area contributed by atoms with E-state index >= 15 is 0 Å². The van der Waals surface area contributed by atoms with Crippen LogP contribution in [0.25, 0.3) is 0 Å². The van der Waals surface area contributed by atoms with E-state index in [1.165, 1.54) is 6.92 Å². The Morgan fingerprint density at radius 2 is 1.76 bits per heavy atom. The van der Waals surface area contributed by atoms with Crippen LogP contribution < -0.4 is 0 Å². The summed E-state index contributed by atoms with van der Waals surface area (Å²) in [6.07, 6.45) is 0.